The molecular formula is C22H22N4O3. The van der Waals surface area contributed by atoms with Crippen LogP contribution in [0.4, 0.5) is 0 Å². The SMILES string of the molecule is O=C(COc1ccccc1)N1C2CCC1CC(c1nc(-c3cccnc3)no1)C2. The Morgan fingerprint density at radius 3 is 2.62 bits per heavy atom. The van der Waals surface area contributed by atoms with E-state index in [1.165, 1.54) is 0 Å². The Morgan fingerprint density at radius 2 is 1.90 bits per heavy atom. The van der Waals surface area contributed by atoms with Gasteiger partial charge in [-0.2, -0.15) is 4.98 Å². The Bertz CT molecular complexity index is 962. The number of aromatic nitrogens is 3. The maximum absolute atomic E-state index is 12.8. The third kappa shape index (κ3) is 3.60. The van der Waals surface area contributed by atoms with Gasteiger partial charge in [-0.25, -0.2) is 0 Å². The number of rotatable bonds is 5. The minimum atomic E-state index is 0.0568. The van der Waals surface area contributed by atoms with E-state index in [0.29, 0.717) is 11.7 Å². The summed E-state index contributed by atoms with van der Waals surface area (Å²) in [7, 11) is 0. The third-order valence-corrected chi connectivity index (χ3v) is 5.84. The first-order valence-electron chi connectivity index (χ1n) is 10.0. The van der Waals surface area contributed by atoms with Crippen LogP contribution < -0.4 is 4.74 Å². The summed E-state index contributed by atoms with van der Waals surface area (Å²) in [6.45, 7) is 0.0768. The second kappa shape index (κ2) is 7.66. The van der Waals surface area contributed by atoms with Crippen LogP contribution in [0.3, 0.4) is 0 Å². The predicted octanol–water partition coefficient (Wildman–Crippen LogP) is 3.45. The fourth-order valence-corrected chi connectivity index (χ4v) is 4.54. The molecule has 3 aromatic rings. The molecule has 2 bridgehead atoms. The molecule has 0 aliphatic carbocycles. The summed E-state index contributed by atoms with van der Waals surface area (Å²) >= 11 is 0. The number of piperidine rings is 1. The van der Waals surface area contributed by atoms with Gasteiger partial charge < -0.3 is 14.2 Å². The number of nitrogens with zero attached hydrogens (tertiary/aromatic N) is 4. The lowest BCUT2D eigenvalue weighted by atomic mass is 9.90. The Hall–Kier alpha value is -3.22. The smallest absolute Gasteiger partial charge is 0.261 e. The fourth-order valence-electron chi connectivity index (χ4n) is 4.54. The minimum absolute atomic E-state index is 0.0568. The first kappa shape index (κ1) is 17.8. The second-order valence-electron chi connectivity index (χ2n) is 7.65. The van der Waals surface area contributed by atoms with Crippen molar-refractivity contribution in [2.24, 2.45) is 0 Å². The second-order valence-corrected chi connectivity index (χ2v) is 7.65. The van der Waals surface area contributed by atoms with Gasteiger partial charge in [0.1, 0.15) is 5.75 Å². The van der Waals surface area contributed by atoms with Crippen molar-refractivity contribution in [3.8, 4) is 17.1 Å². The van der Waals surface area contributed by atoms with E-state index >= 15 is 0 Å². The van der Waals surface area contributed by atoms with E-state index in [-0.39, 0.29) is 30.5 Å². The van der Waals surface area contributed by atoms with Crippen LogP contribution >= 0.6 is 0 Å². The number of hydrogen-bond donors (Lipinski definition) is 0. The maximum atomic E-state index is 12.8. The van der Waals surface area contributed by atoms with Gasteiger partial charge >= 0.3 is 0 Å². The number of carbonyl (C=O) groups excluding carboxylic acids is 1. The van der Waals surface area contributed by atoms with E-state index in [2.05, 4.69) is 15.1 Å². The number of benzene rings is 1. The monoisotopic (exact) mass is 390 g/mol. The molecular weight excluding hydrogens is 368 g/mol. The molecule has 5 rings (SSSR count). The molecule has 2 aromatic heterocycles. The summed E-state index contributed by atoms with van der Waals surface area (Å²) in [5, 5.41) is 4.12. The highest BCUT2D eigenvalue weighted by Gasteiger charge is 2.45. The molecule has 2 saturated heterocycles. The van der Waals surface area contributed by atoms with Crippen molar-refractivity contribution in [3.05, 3.63) is 60.7 Å². The Labute approximate surface area is 168 Å². The first-order valence-corrected chi connectivity index (χ1v) is 10.0. The van der Waals surface area contributed by atoms with Gasteiger partial charge in [0, 0.05) is 36.0 Å². The van der Waals surface area contributed by atoms with Crippen molar-refractivity contribution in [2.45, 2.75) is 43.7 Å². The average molecular weight is 390 g/mol. The van der Waals surface area contributed by atoms with Crippen LogP contribution in [0.2, 0.25) is 0 Å². The Balaban J connectivity index is 1.24. The van der Waals surface area contributed by atoms with E-state index in [1.807, 2.05) is 47.4 Å². The van der Waals surface area contributed by atoms with Gasteiger partial charge in [-0.3, -0.25) is 9.78 Å². The number of fused-ring (bicyclic) bond motifs is 2. The molecule has 2 fully saturated rings. The lowest BCUT2D eigenvalue weighted by molar-refractivity contribution is -0.138. The summed E-state index contributed by atoms with van der Waals surface area (Å²) < 4.78 is 11.2. The van der Waals surface area contributed by atoms with Crippen LogP contribution in [0, 0.1) is 0 Å². The molecule has 4 heterocycles. The number of hydrogen-bond acceptors (Lipinski definition) is 6. The van der Waals surface area contributed by atoms with E-state index in [9.17, 15) is 4.79 Å². The van der Waals surface area contributed by atoms with Gasteiger partial charge in [-0.05, 0) is 49.9 Å². The molecule has 148 valence electrons. The zero-order valence-corrected chi connectivity index (χ0v) is 16.0. The van der Waals surface area contributed by atoms with Crippen molar-refractivity contribution in [3.63, 3.8) is 0 Å². The molecule has 2 aliphatic rings. The van der Waals surface area contributed by atoms with E-state index in [1.54, 1.807) is 12.4 Å². The highest BCUT2D eigenvalue weighted by Crippen LogP contribution is 2.43. The van der Waals surface area contributed by atoms with Gasteiger partial charge in [-0.15, -0.1) is 0 Å². The molecule has 0 saturated carbocycles. The molecule has 0 spiro atoms. The van der Waals surface area contributed by atoms with Gasteiger partial charge in [-0.1, -0.05) is 23.4 Å². The highest BCUT2D eigenvalue weighted by molar-refractivity contribution is 5.79. The summed E-state index contributed by atoms with van der Waals surface area (Å²) in [6.07, 6.45) is 7.18. The quantitative estimate of drug-likeness (QED) is 0.664. The summed E-state index contributed by atoms with van der Waals surface area (Å²) in [4.78, 5) is 23.5. The van der Waals surface area contributed by atoms with Gasteiger partial charge in [0.15, 0.2) is 6.61 Å². The minimum Gasteiger partial charge on any atom is -0.484 e. The molecule has 2 unspecified atom stereocenters. The normalized spacial score (nSPS) is 23.2. The topological polar surface area (TPSA) is 81.4 Å². The van der Waals surface area contributed by atoms with E-state index < -0.39 is 0 Å². The molecule has 0 radical (unpaired) electrons. The zero-order valence-electron chi connectivity index (χ0n) is 16.0. The molecule has 0 N–H and O–H groups in total. The molecule has 7 heteroatoms. The first-order chi connectivity index (χ1) is 14.3. The molecule has 1 aromatic carbocycles. The van der Waals surface area contributed by atoms with Crippen molar-refractivity contribution in [1.29, 1.82) is 0 Å². The van der Waals surface area contributed by atoms with E-state index in [4.69, 9.17) is 9.26 Å². The van der Waals surface area contributed by atoms with Crippen LogP contribution in [0.5, 0.6) is 5.75 Å². The van der Waals surface area contributed by atoms with Gasteiger partial charge in [0.25, 0.3) is 5.91 Å². The number of amides is 1. The molecule has 1 amide bonds. The van der Waals surface area contributed by atoms with Crippen molar-refractivity contribution in [2.75, 3.05) is 6.61 Å². The molecule has 2 atom stereocenters. The lowest BCUT2D eigenvalue weighted by Crippen LogP contribution is -2.47. The van der Waals surface area contributed by atoms with Crippen LogP contribution in [0.1, 0.15) is 37.5 Å². The van der Waals surface area contributed by atoms with Crippen LogP contribution in [0.25, 0.3) is 11.4 Å². The van der Waals surface area contributed by atoms with Gasteiger partial charge in [0.05, 0.1) is 0 Å². The Morgan fingerprint density at radius 1 is 1.10 bits per heavy atom. The standard InChI is InChI=1S/C22H22N4O3/c27-20(14-28-19-6-2-1-3-7-19)26-17-8-9-18(26)12-16(11-17)22-24-21(25-29-22)15-5-4-10-23-13-15/h1-7,10,13,16-18H,8-9,11-12,14H2. The van der Waals surface area contributed by atoms with Crippen molar-refractivity contribution in [1.82, 2.24) is 20.0 Å². The average Bonchev–Trinajstić information content (AvgIpc) is 3.36. The van der Waals surface area contributed by atoms with Crippen molar-refractivity contribution >= 4 is 5.91 Å². The zero-order chi connectivity index (χ0) is 19.6. The summed E-state index contributed by atoms with van der Waals surface area (Å²) in [5.41, 5.74) is 0.844. The number of ether oxygens (including phenoxy) is 1. The molecule has 7 nitrogen and oxygen atoms in total. The lowest BCUT2D eigenvalue weighted by Gasteiger charge is -2.37. The summed E-state index contributed by atoms with van der Waals surface area (Å²) in [5.74, 6) is 2.19. The predicted molar refractivity (Wildman–Crippen MR) is 105 cm³/mol. The molecule has 29 heavy (non-hydrogen) atoms. The largest absolute Gasteiger partial charge is 0.484 e. The maximum Gasteiger partial charge on any atom is 0.261 e. The number of para-hydroxylation sites is 1. The Kier molecular flexibility index (Phi) is 4.71. The number of carbonyl (C=O) groups is 1. The third-order valence-electron chi connectivity index (χ3n) is 5.84. The van der Waals surface area contributed by atoms with Crippen molar-refractivity contribution < 1.29 is 14.1 Å². The van der Waals surface area contributed by atoms with Gasteiger partial charge in [0.2, 0.25) is 11.7 Å². The molecule has 2 aliphatic heterocycles. The van der Waals surface area contributed by atoms with E-state index in [0.717, 1.165) is 37.0 Å². The van der Waals surface area contributed by atoms with Crippen LogP contribution in [-0.4, -0.2) is 44.6 Å². The van der Waals surface area contributed by atoms with Crippen LogP contribution in [0.15, 0.2) is 59.4 Å². The highest BCUT2D eigenvalue weighted by atomic mass is 16.5. The number of pyridine rings is 1. The fraction of sp³-hybridized carbons (Fsp3) is 0.364. The van der Waals surface area contributed by atoms with Crippen LogP contribution in [-0.2, 0) is 4.79 Å². The summed E-state index contributed by atoms with van der Waals surface area (Å²) in [6, 6.07) is 13.6.